The fraction of sp³-hybridized carbons (Fsp3) is 0.812. The summed E-state index contributed by atoms with van der Waals surface area (Å²) in [6.07, 6.45) is 2.08. The van der Waals surface area contributed by atoms with Crippen LogP contribution in [-0.4, -0.2) is 295 Å². The van der Waals surface area contributed by atoms with Gasteiger partial charge in [0.25, 0.3) is 0 Å². The van der Waals surface area contributed by atoms with Gasteiger partial charge in [-0.05, 0) is 102 Å². The minimum atomic E-state index is -4.36. The van der Waals surface area contributed by atoms with Gasteiger partial charge in [0.1, 0.15) is 79.5 Å². The number of likely N-dealkylation sites (N-methyl/N-ethyl adjacent to an activating group) is 7. The van der Waals surface area contributed by atoms with Crippen LogP contribution in [0.25, 0.3) is 0 Å². The van der Waals surface area contributed by atoms with E-state index in [1.807, 2.05) is 27.7 Å². The Morgan fingerprint density at radius 2 is 1.05 bits per heavy atom. The quantitative estimate of drug-likeness (QED) is 0.0819. The molecular formula is C69H122N12O16S. The van der Waals surface area contributed by atoms with Gasteiger partial charge < -0.3 is 74.8 Å². The number of rotatable bonds is 19. The van der Waals surface area contributed by atoms with Crippen LogP contribution in [0.3, 0.4) is 0 Å². The van der Waals surface area contributed by atoms with Crippen LogP contribution in [0.4, 0.5) is 0 Å². The molecule has 0 aliphatic carbocycles. The number of hydrogen-bond donors (Lipinski definition) is 4. The van der Waals surface area contributed by atoms with E-state index in [1.165, 1.54) is 87.7 Å². The summed E-state index contributed by atoms with van der Waals surface area (Å²) in [4.78, 5) is 174. The third-order valence-corrected chi connectivity index (χ3v) is 21.5. The fourth-order valence-electron chi connectivity index (χ4n) is 13.5. The number of allylic oxidation sites excluding steroid dienone is 2. The summed E-state index contributed by atoms with van der Waals surface area (Å²) < 4.78 is 33.6. The van der Waals surface area contributed by atoms with E-state index < -0.39 is 187 Å². The zero-order valence-electron chi connectivity index (χ0n) is 63.0. The van der Waals surface area contributed by atoms with Gasteiger partial charge in [-0.2, -0.15) is 0 Å². The van der Waals surface area contributed by atoms with Crippen molar-refractivity contribution in [1.82, 2.24) is 55.1 Å². The van der Waals surface area contributed by atoms with E-state index >= 15 is 28.8 Å². The number of quaternary nitrogens is 1. The molecule has 98 heavy (non-hydrogen) atoms. The first-order valence-electron chi connectivity index (χ1n) is 35.1. The Balaban J connectivity index is 2.41. The monoisotopic (exact) mass is 1410 g/mol. The Kier molecular flexibility index (Phi) is 32.8. The maximum atomic E-state index is 15.4. The highest BCUT2D eigenvalue weighted by Crippen LogP contribution is 2.29. The lowest BCUT2D eigenvalue weighted by Gasteiger charge is -2.45. The molecule has 560 valence electrons. The summed E-state index contributed by atoms with van der Waals surface area (Å²) in [5.41, 5.74) is 0. The van der Waals surface area contributed by atoms with E-state index in [9.17, 15) is 42.7 Å². The highest BCUT2D eigenvalue weighted by atomic mass is 32.2. The predicted molar refractivity (Wildman–Crippen MR) is 373 cm³/mol. The molecule has 0 saturated carbocycles. The van der Waals surface area contributed by atoms with Crippen molar-refractivity contribution in [3.8, 4) is 0 Å². The van der Waals surface area contributed by atoms with Crippen molar-refractivity contribution in [3.05, 3.63) is 17.4 Å². The van der Waals surface area contributed by atoms with Crippen LogP contribution in [-0.2, 0) is 67.3 Å². The number of fused-ring (bicyclic) bond motifs is 2. The molecule has 28 nitrogen and oxygen atoms in total. The van der Waals surface area contributed by atoms with E-state index in [4.69, 9.17) is 4.74 Å². The van der Waals surface area contributed by atoms with Gasteiger partial charge in [0.05, 0.1) is 37.4 Å². The molecule has 2 bridgehead atoms. The molecule has 3 aliphatic rings. The van der Waals surface area contributed by atoms with Crippen molar-refractivity contribution in [2.45, 2.75) is 234 Å². The first kappa shape index (κ1) is 85.9. The largest absolute Gasteiger partial charge is 0.633 e. The van der Waals surface area contributed by atoms with E-state index in [2.05, 4.69) is 16.0 Å². The zero-order valence-corrected chi connectivity index (χ0v) is 63.8. The zero-order chi connectivity index (χ0) is 75.1. The first-order valence-corrected chi connectivity index (χ1v) is 36.9. The second-order valence-corrected chi connectivity index (χ2v) is 32.0. The van der Waals surface area contributed by atoms with Gasteiger partial charge in [0.15, 0.2) is 9.84 Å². The molecule has 0 aromatic carbocycles. The van der Waals surface area contributed by atoms with E-state index in [0.717, 1.165) is 14.7 Å². The number of morpholine rings is 1. The first-order chi connectivity index (χ1) is 45.3. The number of aliphatic hydroxyl groups is 1. The number of ether oxygens (including phenoxy) is 1. The summed E-state index contributed by atoms with van der Waals surface area (Å²) in [6.45, 7) is 27.8. The highest BCUT2D eigenvalue weighted by Gasteiger charge is 2.49. The Morgan fingerprint density at radius 3 is 1.55 bits per heavy atom. The van der Waals surface area contributed by atoms with Crippen molar-refractivity contribution in [2.75, 3.05) is 93.7 Å². The lowest BCUT2D eigenvalue weighted by atomic mass is 9.91. The highest BCUT2D eigenvalue weighted by molar-refractivity contribution is 7.91. The third-order valence-electron chi connectivity index (χ3n) is 19.7. The average molecular weight is 1410 g/mol. The van der Waals surface area contributed by atoms with Gasteiger partial charge in [-0.25, -0.2) is 8.42 Å². The molecule has 0 aromatic heterocycles. The fourth-order valence-corrected chi connectivity index (χ4v) is 15.0. The molecule has 4 N–H and O–H groups in total. The van der Waals surface area contributed by atoms with Crippen LogP contribution in [0.5, 0.6) is 0 Å². The maximum Gasteiger partial charge on any atom is 0.246 e. The third kappa shape index (κ3) is 22.1. The van der Waals surface area contributed by atoms with Gasteiger partial charge in [-0.15, -0.1) is 0 Å². The normalized spacial score (nSPS) is 28.6. The lowest BCUT2D eigenvalue weighted by molar-refractivity contribution is -0.888. The number of hydrogen-bond acceptors (Lipinski definition) is 16. The number of nitrogens with one attached hydrogen (secondary N) is 3. The molecule has 3 aliphatic heterocycles. The number of sulfone groups is 1. The van der Waals surface area contributed by atoms with Crippen molar-refractivity contribution in [2.24, 2.45) is 35.5 Å². The molecule has 14 atom stereocenters. The van der Waals surface area contributed by atoms with Gasteiger partial charge in [-0.3, -0.25) is 52.7 Å². The van der Waals surface area contributed by atoms with Crippen LogP contribution in [0.1, 0.15) is 156 Å². The number of carbonyl (C=O) groups is 11. The summed E-state index contributed by atoms with van der Waals surface area (Å²) >= 11 is 0. The van der Waals surface area contributed by atoms with Crippen molar-refractivity contribution in [3.63, 3.8) is 0 Å². The summed E-state index contributed by atoms with van der Waals surface area (Å²) in [5, 5.41) is 34.1. The Labute approximate surface area is 584 Å². The van der Waals surface area contributed by atoms with E-state index in [1.54, 1.807) is 81.4 Å². The minimum absolute atomic E-state index is 0.0365. The molecule has 1 unspecified atom stereocenters. The average Bonchev–Trinajstić information content (AvgIpc) is 1.46. The Hall–Kier alpha value is -6.30. The molecule has 3 fully saturated rings. The smallest absolute Gasteiger partial charge is 0.246 e. The number of carbonyl (C=O) groups excluding carboxylic acids is 11. The van der Waals surface area contributed by atoms with Crippen molar-refractivity contribution < 1.29 is 75.6 Å². The van der Waals surface area contributed by atoms with Crippen LogP contribution in [0.2, 0.25) is 0 Å². The topological polar surface area (TPSA) is 336 Å². The van der Waals surface area contributed by atoms with Crippen LogP contribution < -0.4 is 16.0 Å². The molecular weight excluding hydrogens is 1280 g/mol. The van der Waals surface area contributed by atoms with Gasteiger partial charge in [-0.1, -0.05) is 95.2 Å². The summed E-state index contributed by atoms with van der Waals surface area (Å²) in [6, 6.07) is -15.8. The number of amides is 11. The van der Waals surface area contributed by atoms with Crippen molar-refractivity contribution >= 4 is 74.8 Å². The lowest BCUT2D eigenvalue weighted by Crippen LogP contribution is -2.64. The van der Waals surface area contributed by atoms with E-state index in [-0.39, 0.29) is 95.5 Å². The number of nitrogens with zero attached hydrogens (tertiary/aromatic N) is 9. The van der Waals surface area contributed by atoms with Crippen LogP contribution >= 0.6 is 0 Å². The number of hydroxylamine groups is 3. The van der Waals surface area contributed by atoms with E-state index in [0.29, 0.717) is 0 Å². The Morgan fingerprint density at radius 1 is 0.571 bits per heavy atom. The summed E-state index contributed by atoms with van der Waals surface area (Å²) in [5.74, 6) is -12.8. The van der Waals surface area contributed by atoms with Gasteiger partial charge in [0.2, 0.25) is 65.0 Å². The predicted octanol–water partition coefficient (Wildman–Crippen LogP) is 2.25. The minimum Gasteiger partial charge on any atom is -0.633 e. The SMILES string of the molecule is C/C=C/C[C@@H](C)[C@@H](O)[C@@H]1C(=O)N[C@H](CC)C(=O)N(C)[C@H](CS(=O)(=O)CCC[N+]2([O-])CCOCC2)C(=O)N(C)[C@@H](CC(C)C)C(=O)N[C@H](C(C)C)C(=O)N(C)[C@@H]2CC(C)N(C2=O)[C@H](C)C(=O)N[C@@H](C)C(=O)N(C)[C@H](CC(C)C)C(=O)N(C)[C@H](CC(C)C)C(=O)N(C)[C@H](C(C)C)C(=O)N1C. The van der Waals surface area contributed by atoms with Crippen molar-refractivity contribution in [1.29, 1.82) is 0 Å². The molecule has 3 heterocycles. The summed E-state index contributed by atoms with van der Waals surface area (Å²) in [7, 11) is 5.07. The molecule has 3 rings (SSSR count). The molecule has 11 amide bonds. The van der Waals surface area contributed by atoms with Gasteiger partial charge >= 0.3 is 0 Å². The molecule has 29 heteroatoms. The molecule has 0 spiro atoms. The molecule has 3 saturated heterocycles. The van der Waals surface area contributed by atoms with Crippen LogP contribution in [0, 0.1) is 40.7 Å². The maximum absolute atomic E-state index is 15.4. The van der Waals surface area contributed by atoms with Gasteiger partial charge in [0, 0.05) is 61.8 Å². The Bertz CT molecular complexity index is 2920. The second kappa shape index (κ2) is 37.4. The second-order valence-electron chi connectivity index (χ2n) is 29.8. The van der Waals surface area contributed by atoms with Crippen LogP contribution in [0.15, 0.2) is 12.2 Å². The standard InChI is InChI=1S/C69H122N12O16S/c1-24-26-28-45(13)58(82)57-61(85)71-49(25-2)63(87)77(21)54(39-98(95,96)34-27-29-81(94)30-32-97-33-31-81)66(90)73(17)50(35-40(3)4)60(84)72-55(43(9)10)68(92)76(20)53-38-46(14)80(67(53)91)48(16)59(83)70-47(15)62(86)74(18)51(36-41(5)6)64(88)75(19)52(37-42(7)8)65(89)78(22)56(44(11)12)69(93)79(57)23/h24,26,40-58,82H,25,27-39H2,1-23H3,(H,70,83)(H,71,85)(H,72,84)/b26-24+/t45-,46?,47+,48-,49-,50+,51-,52-,53-,54-,55-,56-,57-,58-/m1/s1. The number of aliphatic hydroxyl groups excluding tert-OH is 1. The molecule has 0 aromatic rings. The molecule has 0 radical (unpaired) electrons.